The van der Waals surface area contributed by atoms with Crippen LogP contribution in [0.5, 0.6) is 5.75 Å². The van der Waals surface area contributed by atoms with Crippen molar-refractivity contribution in [3.63, 3.8) is 0 Å². The second-order valence-corrected chi connectivity index (χ2v) is 10.9. The van der Waals surface area contributed by atoms with Gasteiger partial charge in [-0.05, 0) is 91.4 Å². The lowest BCUT2D eigenvalue weighted by Gasteiger charge is -2.37. The standard InChI is InChI=1S/C30H36N6O2/c1-38-25-12-13-27-23(19-25)20-26(30(37)31-27)28(29-32-33-34-36(29)24-10-6-3-7-11-24)35-16-14-22(15-17-35)18-21-8-4-2-5-9-21/h2,4-5,8-9,12-13,19-20,22,24,28H,3,6-7,10-11,14-18H2,1H3,(H,31,37). The van der Waals surface area contributed by atoms with Crippen molar-refractivity contribution in [1.82, 2.24) is 30.1 Å². The number of nitrogens with zero attached hydrogens (tertiary/aromatic N) is 5. The number of piperidine rings is 1. The number of rotatable bonds is 7. The van der Waals surface area contributed by atoms with Gasteiger partial charge in [-0.15, -0.1) is 5.10 Å². The van der Waals surface area contributed by atoms with Crippen molar-refractivity contribution < 1.29 is 4.74 Å². The summed E-state index contributed by atoms with van der Waals surface area (Å²) >= 11 is 0. The van der Waals surface area contributed by atoms with Crippen LogP contribution in [0.4, 0.5) is 0 Å². The normalized spacial score (nSPS) is 18.6. The van der Waals surface area contributed by atoms with Crippen LogP contribution in [-0.4, -0.2) is 50.3 Å². The molecule has 0 radical (unpaired) electrons. The van der Waals surface area contributed by atoms with Crippen molar-refractivity contribution in [2.45, 2.75) is 63.5 Å². The van der Waals surface area contributed by atoms with E-state index in [1.54, 1.807) is 7.11 Å². The summed E-state index contributed by atoms with van der Waals surface area (Å²) in [5.74, 6) is 2.18. The number of pyridine rings is 1. The van der Waals surface area contributed by atoms with Crippen LogP contribution < -0.4 is 10.3 Å². The maximum absolute atomic E-state index is 13.6. The molecule has 1 aliphatic heterocycles. The molecule has 2 aromatic carbocycles. The van der Waals surface area contributed by atoms with E-state index in [2.05, 4.69) is 55.7 Å². The second kappa shape index (κ2) is 11.1. The Kier molecular flexibility index (Phi) is 7.22. The summed E-state index contributed by atoms with van der Waals surface area (Å²) in [4.78, 5) is 19.1. The van der Waals surface area contributed by atoms with Gasteiger partial charge in [-0.3, -0.25) is 9.69 Å². The van der Waals surface area contributed by atoms with Crippen LogP contribution in [0.3, 0.4) is 0 Å². The summed E-state index contributed by atoms with van der Waals surface area (Å²) in [6.45, 7) is 1.80. The first-order valence-electron chi connectivity index (χ1n) is 14.0. The minimum atomic E-state index is -0.302. The van der Waals surface area contributed by atoms with E-state index in [0.29, 0.717) is 11.5 Å². The highest BCUT2D eigenvalue weighted by Gasteiger charge is 2.34. The van der Waals surface area contributed by atoms with Gasteiger partial charge in [0.05, 0.1) is 13.2 Å². The first-order chi connectivity index (χ1) is 18.7. The van der Waals surface area contributed by atoms with Gasteiger partial charge in [0.1, 0.15) is 11.8 Å². The molecule has 0 amide bonds. The fourth-order valence-electron chi connectivity index (χ4n) is 6.36. The smallest absolute Gasteiger partial charge is 0.253 e. The lowest BCUT2D eigenvalue weighted by Crippen LogP contribution is -2.41. The van der Waals surface area contributed by atoms with E-state index in [1.165, 1.54) is 24.8 Å². The maximum atomic E-state index is 13.6. The van der Waals surface area contributed by atoms with E-state index in [9.17, 15) is 4.79 Å². The Labute approximate surface area is 223 Å². The van der Waals surface area contributed by atoms with Crippen molar-refractivity contribution in [2.24, 2.45) is 5.92 Å². The van der Waals surface area contributed by atoms with E-state index in [0.717, 1.165) is 67.7 Å². The Morgan fingerprint density at radius 3 is 2.55 bits per heavy atom. The summed E-state index contributed by atoms with van der Waals surface area (Å²) in [5, 5.41) is 14.1. The van der Waals surface area contributed by atoms with Gasteiger partial charge in [-0.25, -0.2) is 4.68 Å². The zero-order chi connectivity index (χ0) is 25.9. The molecule has 8 nitrogen and oxygen atoms in total. The molecule has 1 saturated heterocycles. The van der Waals surface area contributed by atoms with Gasteiger partial charge in [0, 0.05) is 16.5 Å². The Morgan fingerprint density at radius 2 is 1.79 bits per heavy atom. The third-order valence-corrected chi connectivity index (χ3v) is 8.44. The zero-order valence-corrected chi connectivity index (χ0v) is 22.1. The van der Waals surface area contributed by atoms with Crippen molar-refractivity contribution in [3.8, 4) is 5.75 Å². The highest BCUT2D eigenvalue weighted by molar-refractivity contribution is 5.80. The highest BCUT2D eigenvalue weighted by atomic mass is 16.5. The van der Waals surface area contributed by atoms with Gasteiger partial charge in [-0.2, -0.15) is 0 Å². The number of hydrogen-bond acceptors (Lipinski definition) is 6. The van der Waals surface area contributed by atoms with Gasteiger partial charge in [0.25, 0.3) is 5.56 Å². The number of H-pyrrole nitrogens is 1. The van der Waals surface area contributed by atoms with Gasteiger partial charge >= 0.3 is 0 Å². The predicted molar refractivity (Wildman–Crippen MR) is 147 cm³/mol. The Bertz CT molecular complexity index is 1420. The molecule has 8 heteroatoms. The fraction of sp³-hybridized carbons (Fsp3) is 0.467. The van der Waals surface area contributed by atoms with E-state index < -0.39 is 0 Å². The van der Waals surface area contributed by atoms with Crippen molar-refractivity contribution >= 4 is 10.9 Å². The molecule has 0 bridgehead atoms. The van der Waals surface area contributed by atoms with Gasteiger partial charge in [0.2, 0.25) is 0 Å². The molecule has 4 aromatic rings. The molecular formula is C30H36N6O2. The molecule has 1 unspecified atom stereocenters. The molecule has 1 N–H and O–H groups in total. The predicted octanol–water partition coefficient (Wildman–Crippen LogP) is 5.07. The molecule has 0 spiro atoms. The Hall–Kier alpha value is -3.52. The van der Waals surface area contributed by atoms with Crippen LogP contribution in [0.25, 0.3) is 10.9 Å². The summed E-state index contributed by atoms with van der Waals surface area (Å²) in [5.41, 5.74) is 2.80. The Morgan fingerprint density at radius 1 is 1.00 bits per heavy atom. The van der Waals surface area contributed by atoms with Crippen molar-refractivity contribution in [1.29, 1.82) is 0 Å². The molecule has 2 fully saturated rings. The van der Waals surface area contributed by atoms with Crippen LogP contribution in [0.2, 0.25) is 0 Å². The number of ether oxygens (including phenoxy) is 1. The molecule has 198 valence electrons. The van der Waals surface area contributed by atoms with Gasteiger partial charge in [-0.1, -0.05) is 49.6 Å². The van der Waals surface area contributed by atoms with Crippen LogP contribution in [0.1, 0.15) is 74.0 Å². The monoisotopic (exact) mass is 512 g/mol. The van der Waals surface area contributed by atoms with Crippen LogP contribution in [0.15, 0.2) is 59.4 Å². The summed E-state index contributed by atoms with van der Waals surface area (Å²) in [6, 6.07) is 18.5. The minimum Gasteiger partial charge on any atom is -0.497 e. The van der Waals surface area contributed by atoms with Crippen molar-refractivity contribution in [3.05, 3.63) is 81.9 Å². The quantitative estimate of drug-likeness (QED) is 0.372. The number of hydrogen-bond donors (Lipinski definition) is 1. The minimum absolute atomic E-state index is 0.0859. The lowest BCUT2D eigenvalue weighted by atomic mass is 9.88. The first-order valence-corrected chi connectivity index (χ1v) is 14.0. The maximum Gasteiger partial charge on any atom is 0.253 e. The molecule has 1 saturated carbocycles. The number of tetrazole rings is 1. The molecule has 38 heavy (non-hydrogen) atoms. The van der Waals surface area contributed by atoms with Crippen LogP contribution in [-0.2, 0) is 6.42 Å². The van der Waals surface area contributed by atoms with Crippen molar-refractivity contribution in [2.75, 3.05) is 20.2 Å². The molecule has 1 atom stereocenters. The zero-order valence-electron chi connectivity index (χ0n) is 22.1. The average molecular weight is 513 g/mol. The van der Waals surface area contributed by atoms with E-state index in [-0.39, 0.29) is 17.6 Å². The van der Waals surface area contributed by atoms with Crippen LogP contribution >= 0.6 is 0 Å². The van der Waals surface area contributed by atoms with Crippen LogP contribution in [0, 0.1) is 5.92 Å². The number of benzene rings is 2. The third-order valence-electron chi connectivity index (χ3n) is 8.44. The average Bonchev–Trinajstić information content (AvgIpc) is 3.45. The lowest BCUT2D eigenvalue weighted by molar-refractivity contribution is 0.140. The summed E-state index contributed by atoms with van der Waals surface area (Å²) in [7, 11) is 1.66. The van der Waals surface area contributed by atoms with E-state index in [1.807, 2.05) is 28.9 Å². The molecule has 6 rings (SSSR count). The first kappa shape index (κ1) is 24.8. The molecule has 2 aromatic heterocycles. The number of aromatic nitrogens is 5. The SMILES string of the molecule is COc1ccc2[nH]c(=O)c(C(c3nnnn3C3CCCCC3)N3CCC(Cc4ccccc4)CC3)cc2c1. The molecule has 2 aliphatic rings. The second-order valence-electron chi connectivity index (χ2n) is 10.9. The Balaban J connectivity index is 1.35. The highest BCUT2D eigenvalue weighted by Crippen LogP contribution is 2.35. The number of nitrogens with one attached hydrogen (secondary N) is 1. The third kappa shape index (κ3) is 5.10. The molecule has 3 heterocycles. The number of likely N-dealkylation sites (tertiary alicyclic amines) is 1. The van der Waals surface area contributed by atoms with E-state index in [4.69, 9.17) is 4.74 Å². The summed E-state index contributed by atoms with van der Waals surface area (Å²) < 4.78 is 7.48. The molecular weight excluding hydrogens is 476 g/mol. The largest absolute Gasteiger partial charge is 0.497 e. The fourth-order valence-corrected chi connectivity index (χ4v) is 6.36. The van der Waals surface area contributed by atoms with Gasteiger partial charge < -0.3 is 9.72 Å². The number of aromatic amines is 1. The van der Waals surface area contributed by atoms with E-state index >= 15 is 0 Å². The topological polar surface area (TPSA) is 88.9 Å². The van der Waals surface area contributed by atoms with Gasteiger partial charge in [0.15, 0.2) is 5.82 Å². The molecule has 1 aliphatic carbocycles. The number of fused-ring (bicyclic) bond motifs is 1. The summed E-state index contributed by atoms with van der Waals surface area (Å²) in [6.07, 6.45) is 9.05. The number of methoxy groups -OCH3 is 1.